The Morgan fingerprint density at radius 3 is 2.11 bits per heavy atom. The van der Waals surface area contributed by atoms with Crippen molar-refractivity contribution in [3.63, 3.8) is 0 Å². The Hall–Kier alpha value is -1.88. The van der Waals surface area contributed by atoms with Crippen molar-refractivity contribution < 1.29 is 13.2 Å². The molecule has 1 unspecified atom stereocenters. The van der Waals surface area contributed by atoms with Crippen molar-refractivity contribution in [2.24, 2.45) is 5.73 Å². The minimum absolute atomic E-state index is 0.411. The molecule has 0 aliphatic carbocycles. The molecule has 0 spiro atoms. The summed E-state index contributed by atoms with van der Waals surface area (Å²) in [5.74, 6) is 0. The average molecular weight is 266 g/mol. The van der Waals surface area contributed by atoms with Gasteiger partial charge in [-0.15, -0.1) is 0 Å². The molecule has 0 bridgehead atoms. The van der Waals surface area contributed by atoms with Crippen LogP contribution < -0.4 is 5.73 Å². The molecule has 0 saturated carbocycles. The van der Waals surface area contributed by atoms with Crippen LogP contribution >= 0.6 is 0 Å². The van der Waals surface area contributed by atoms with E-state index in [9.17, 15) is 13.2 Å². The van der Waals surface area contributed by atoms with E-state index in [-0.39, 0.29) is 0 Å². The fourth-order valence-electron chi connectivity index (χ4n) is 1.88. The van der Waals surface area contributed by atoms with E-state index < -0.39 is 17.3 Å². The normalized spacial score (nSPS) is 15.0. The lowest BCUT2D eigenvalue weighted by molar-refractivity contribution is -0.137. The molecule has 2 rings (SSSR count). The smallest absolute Gasteiger partial charge is 0.318 e. The van der Waals surface area contributed by atoms with Gasteiger partial charge in [0.2, 0.25) is 0 Å². The molecule has 0 aliphatic heterocycles. The van der Waals surface area contributed by atoms with Crippen LogP contribution in [0.3, 0.4) is 0 Å². The second-order valence-electron chi connectivity index (χ2n) is 4.52. The van der Waals surface area contributed by atoms with Crippen LogP contribution in [0.4, 0.5) is 13.2 Å². The molecule has 1 aromatic heterocycles. The van der Waals surface area contributed by atoms with Crippen LogP contribution in [0, 0.1) is 0 Å². The summed E-state index contributed by atoms with van der Waals surface area (Å²) in [4.78, 5) is 3.87. The third kappa shape index (κ3) is 2.76. The summed E-state index contributed by atoms with van der Waals surface area (Å²) in [7, 11) is 0. The van der Waals surface area contributed by atoms with Crippen molar-refractivity contribution in [1.82, 2.24) is 4.98 Å². The standard InChI is InChI=1S/C14H13F3N2/c1-13(18,10-5-7-19-8-6-10)11-3-2-4-12(9-11)14(15,16)17/h2-9H,18H2,1H3. The summed E-state index contributed by atoms with van der Waals surface area (Å²) >= 11 is 0. The Morgan fingerprint density at radius 1 is 0.947 bits per heavy atom. The maximum absolute atomic E-state index is 12.7. The predicted molar refractivity (Wildman–Crippen MR) is 66.3 cm³/mol. The topological polar surface area (TPSA) is 38.9 Å². The fraction of sp³-hybridized carbons (Fsp3) is 0.214. The van der Waals surface area contributed by atoms with Gasteiger partial charge in [-0.1, -0.05) is 12.1 Å². The lowest BCUT2D eigenvalue weighted by Crippen LogP contribution is -2.34. The molecule has 100 valence electrons. The van der Waals surface area contributed by atoms with Crippen molar-refractivity contribution in [1.29, 1.82) is 0 Å². The van der Waals surface area contributed by atoms with E-state index >= 15 is 0 Å². The van der Waals surface area contributed by atoms with Crippen molar-refractivity contribution >= 4 is 0 Å². The minimum Gasteiger partial charge on any atom is -0.318 e. The Bertz CT molecular complexity index is 562. The lowest BCUT2D eigenvalue weighted by atomic mass is 9.85. The number of pyridine rings is 1. The molecule has 0 amide bonds. The summed E-state index contributed by atoms with van der Waals surface area (Å²) in [5, 5.41) is 0. The Morgan fingerprint density at radius 2 is 1.53 bits per heavy atom. The number of halogens is 3. The van der Waals surface area contributed by atoms with Crippen LogP contribution in [-0.4, -0.2) is 4.98 Å². The van der Waals surface area contributed by atoms with Gasteiger partial charge in [0, 0.05) is 12.4 Å². The summed E-state index contributed by atoms with van der Waals surface area (Å²) < 4.78 is 38.1. The summed E-state index contributed by atoms with van der Waals surface area (Å²) in [6, 6.07) is 8.47. The van der Waals surface area contributed by atoms with Crippen molar-refractivity contribution in [2.75, 3.05) is 0 Å². The van der Waals surface area contributed by atoms with E-state index in [1.54, 1.807) is 37.5 Å². The highest BCUT2D eigenvalue weighted by atomic mass is 19.4. The van der Waals surface area contributed by atoms with E-state index in [0.717, 1.165) is 12.1 Å². The Labute approximate surface area is 109 Å². The monoisotopic (exact) mass is 266 g/mol. The highest BCUT2D eigenvalue weighted by molar-refractivity contribution is 5.38. The van der Waals surface area contributed by atoms with Gasteiger partial charge >= 0.3 is 6.18 Å². The average Bonchev–Trinajstić information content (AvgIpc) is 2.39. The van der Waals surface area contributed by atoms with Gasteiger partial charge in [-0.2, -0.15) is 13.2 Å². The number of rotatable bonds is 2. The first-order valence-corrected chi connectivity index (χ1v) is 5.69. The van der Waals surface area contributed by atoms with Gasteiger partial charge in [0.1, 0.15) is 0 Å². The maximum Gasteiger partial charge on any atom is 0.416 e. The molecule has 0 radical (unpaired) electrons. The molecular weight excluding hydrogens is 253 g/mol. The largest absolute Gasteiger partial charge is 0.416 e. The molecule has 2 nitrogen and oxygen atoms in total. The van der Waals surface area contributed by atoms with E-state index in [1.807, 2.05) is 0 Å². The third-order valence-corrected chi connectivity index (χ3v) is 3.07. The first kappa shape index (κ1) is 13.5. The van der Waals surface area contributed by atoms with Gasteiger partial charge in [0.05, 0.1) is 11.1 Å². The molecule has 0 aliphatic rings. The molecule has 2 aromatic rings. The summed E-state index contributed by atoms with van der Waals surface area (Å²) in [6.45, 7) is 1.68. The molecule has 0 saturated heterocycles. The van der Waals surface area contributed by atoms with Crippen molar-refractivity contribution in [3.8, 4) is 0 Å². The van der Waals surface area contributed by atoms with Crippen molar-refractivity contribution in [2.45, 2.75) is 18.6 Å². The second-order valence-corrected chi connectivity index (χ2v) is 4.52. The van der Waals surface area contributed by atoms with Crippen LogP contribution in [0.1, 0.15) is 23.6 Å². The number of benzene rings is 1. The fourth-order valence-corrected chi connectivity index (χ4v) is 1.88. The number of alkyl halides is 3. The number of nitrogens with two attached hydrogens (primary N) is 1. The molecule has 1 aromatic carbocycles. The van der Waals surface area contributed by atoms with Gasteiger partial charge in [0.25, 0.3) is 0 Å². The van der Waals surface area contributed by atoms with E-state index in [0.29, 0.717) is 11.1 Å². The summed E-state index contributed by atoms with van der Waals surface area (Å²) in [6.07, 6.45) is -1.24. The molecule has 19 heavy (non-hydrogen) atoms. The first-order valence-electron chi connectivity index (χ1n) is 5.69. The number of aromatic nitrogens is 1. The second kappa shape index (κ2) is 4.66. The maximum atomic E-state index is 12.7. The molecule has 2 N–H and O–H groups in total. The van der Waals surface area contributed by atoms with Gasteiger partial charge in [-0.25, -0.2) is 0 Å². The zero-order valence-corrected chi connectivity index (χ0v) is 10.3. The quantitative estimate of drug-likeness (QED) is 0.905. The summed E-state index contributed by atoms with van der Waals surface area (Å²) in [5.41, 5.74) is 5.60. The van der Waals surface area contributed by atoms with Crippen LogP contribution in [0.2, 0.25) is 0 Å². The van der Waals surface area contributed by atoms with Gasteiger partial charge in [-0.05, 0) is 42.3 Å². The Balaban J connectivity index is 2.47. The van der Waals surface area contributed by atoms with Gasteiger partial charge in [-0.3, -0.25) is 4.98 Å². The highest BCUT2D eigenvalue weighted by Gasteiger charge is 2.32. The molecule has 1 heterocycles. The van der Waals surface area contributed by atoms with E-state index in [2.05, 4.69) is 4.98 Å². The predicted octanol–water partition coefficient (Wildman–Crippen LogP) is 3.32. The number of hydrogen-bond acceptors (Lipinski definition) is 2. The van der Waals surface area contributed by atoms with Crippen LogP contribution in [0.25, 0.3) is 0 Å². The van der Waals surface area contributed by atoms with Gasteiger partial charge in [0.15, 0.2) is 0 Å². The zero-order chi connectivity index (χ0) is 14.1. The van der Waals surface area contributed by atoms with E-state index in [1.165, 1.54) is 6.07 Å². The van der Waals surface area contributed by atoms with Crippen LogP contribution in [0.5, 0.6) is 0 Å². The van der Waals surface area contributed by atoms with Crippen LogP contribution in [0.15, 0.2) is 48.8 Å². The minimum atomic E-state index is -4.37. The SMILES string of the molecule is CC(N)(c1ccncc1)c1cccc(C(F)(F)F)c1. The first-order chi connectivity index (χ1) is 8.82. The van der Waals surface area contributed by atoms with E-state index in [4.69, 9.17) is 5.73 Å². The third-order valence-electron chi connectivity index (χ3n) is 3.07. The van der Waals surface area contributed by atoms with Crippen LogP contribution in [-0.2, 0) is 11.7 Å². The Kier molecular flexibility index (Phi) is 3.32. The molecule has 1 atom stereocenters. The lowest BCUT2D eigenvalue weighted by Gasteiger charge is -2.26. The molecular formula is C14H13F3N2. The number of nitrogens with zero attached hydrogens (tertiary/aromatic N) is 1. The highest BCUT2D eigenvalue weighted by Crippen LogP contribution is 2.33. The molecule has 0 fully saturated rings. The molecule has 5 heteroatoms. The number of hydrogen-bond donors (Lipinski definition) is 1. The van der Waals surface area contributed by atoms with Crippen molar-refractivity contribution in [3.05, 3.63) is 65.5 Å². The van der Waals surface area contributed by atoms with Gasteiger partial charge < -0.3 is 5.73 Å². The zero-order valence-electron chi connectivity index (χ0n) is 10.3.